The third-order valence-corrected chi connectivity index (χ3v) is 1.37. The molecule has 0 aliphatic heterocycles. The number of halogens is 2. The van der Waals surface area contributed by atoms with Crippen LogP contribution in [0.3, 0.4) is 0 Å². The smallest absolute Gasteiger partial charge is 0.137 e. The van der Waals surface area contributed by atoms with Gasteiger partial charge in [0.05, 0.1) is 0 Å². The van der Waals surface area contributed by atoms with Crippen molar-refractivity contribution in [3.8, 4) is 0 Å². The fourth-order valence-electron chi connectivity index (χ4n) is 0.798. The molecule has 1 unspecified atom stereocenters. The number of benzene rings is 1. The second-order valence-electron chi connectivity index (χ2n) is 2.11. The van der Waals surface area contributed by atoms with Gasteiger partial charge in [0.15, 0.2) is 0 Å². The molecule has 1 rings (SSSR count). The first kappa shape index (κ1) is 10.4. The highest BCUT2D eigenvalue weighted by Crippen LogP contribution is 2.13. The van der Waals surface area contributed by atoms with Gasteiger partial charge in [-0.1, -0.05) is 30.3 Å². The van der Waals surface area contributed by atoms with Gasteiger partial charge < -0.3 is 5.73 Å². The van der Waals surface area contributed by atoms with Crippen LogP contribution < -0.4 is 5.73 Å². The molecule has 2 N–H and O–H groups in total. The van der Waals surface area contributed by atoms with Crippen LogP contribution in [0.5, 0.6) is 0 Å². The summed E-state index contributed by atoms with van der Waals surface area (Å²) in [5.74, 6) is 0. The summed E-state index contributed by atoms with van der Waals surface area (Å²) in [6.07, 6.45) is -1.01. The molecule has 0 fully saturated rings. The number of hydrogen-bond acceptors (Lipinski definition) is 1. The lowest BCUT2D eigenvalue weighted by molar-refractivity contribution is 0.353. The highest BCUT2D eigenvalue weighted by Gasteiger charge is 2.03. The summed E-state index contributed by atoms with van der Waals surface area (Å²) in [7, 11) is 0. The van der Waals surface area contributed by atoms with E-state index in [1.807, 2.05) is 6.07 Å². The van der Waals surface area contributed by atoms with Crippen molar-refractivity contribution in [2.75, 3.05) is 6.54 Å². The van der Waals surface area contributed by atoms with Crippen LogP contribution in [-0.4, -0.2) is 6.54 Å². The highest BCUT2D eigenvalue weighted by atomic mass is 35.5. The van der Waals surface area contributed by atoms with Gasteiger partial charge in [0.1, 0.15) is 6.17 Å². The van der Waals surface area contributed by atoms with Crippen molar-refractivity contribution in [1.29, 1.82) is 0 Å². The molecule has 0 aliphatic rings. The Morgan fingerprint density at radius 2 is 1.82 bits per heavy atom. The summed E-state index contributed by atoms with van der Waals surface area (Å²) < 4.78 is 12.7. The van der Waals surface area contributed by atoms with Crippen molar-refractivity contribution in [3.63, 3.8) is 0 Å². The van der Waals surface area contributed by atoms with E-state index in [1.54, 1.807) is 24.3 Å². The van der Waals surface area contributed by atoms with Crippen molar-refractivity contribution in [1.82, 2.24) is 0 Å². The second-order valence-corrected chi connectivity index (χ2v) is 2.11. The molecule has 0 aromatic heterocycles. The zero-order valence-electron chi connectivity index (χ0n) is 6.03. The van der Waals surface area contributed by atoms with Crippen molar-refractivity contribution >= 4 is 12.4 Å². The maximum Gasteiger partial charge on any atom is 0.137 e. The number of nitrogens with two attached hydrogens (primary N) is 1. The molecule has 0 radical (unpaired) electrons. The second kappa shape index (κ2) is 5.10. The molecule has 62 valence electrons. The van der Waals surface area contributed by atoms with Gasteiger partial charge in [0.2, 0.25) is 0 Å². The summed E-state index contributed by atoms with van der Waals surface area (Å²) in [5, 5.41) is 0. The summed E-state index contributed by atoms with van der Waals surface area (Å²) in [6.45, 7) is 0.0595. The quantitative estimate of drug-likeness (QED) is 0.732. The SMILES string of the molecule is Cl.NCC(F)c1ccccc1. The normalized spacial score (nSPS) is 11.8. The largest absolute Gasteiger partial charge is 0.327 e. The highest BCUT2D eigenvalue weighted by molar-refractivity contribution is 5.85. The topological polar surface area (TPSA) is 26.0 Å². The Morgan fingerprint density at radius 1 is 1.27 bits per heavy atom. The van der Waals surface area contributed by atoms with Gasteiger partial charge in [0, 0.05) is 6.54 Å². The minimum atomic E-state index is -1.01. The first-order chi connectivity index (χ1) is 4.84. The number of rotatable bonds is 2. The Hall–Kier alpha value is -0.600. The molecule has 1 atom stereocenters. The maximum absolute atomic E-state index is 12.7. The zero-order valence-corrected chi connectivity index (χ0v) is 6.85. The van der Waals surface area contributed by atoms with E-state index >= 15 is 0 Å². The van der Waals surface area contributed by atoms with Crippen LogP contribution in [0.1, 0.15) is 11.7 Å². The lowest BCUT2D eigenvalue weighted by Crippen LogP contribution is -2.07. The van der Waals surface area contributed by atoms with Gasteiger partial charge in [-0.15, -0.1) is 12.4 Å². The predicted octanol–water partition coefficient (Wildman–Crippen LogP) is 2.08. The molecule has 1 aromatic rings. The Kier molecular flexibility index (Phi) is 4.83. The van der Waals surface area contributed by atoms with Crippen LogP contribution in [-0.2, 0) is 0 Å². The van der Waals surface area contributed by atoms with E-state index < -0.39 is 6.17 Å². The van der Waals surface area contributed by atoms with Crippen molar-refractivity contribution in [2.45, 2.75) is 6.17 Å². The summed E-state index contributed by atoms with van der Waals surface area (Å²) in [5.41, 5.74) is 5.79. The molecular formula is C8H11ClFN. The van der Waals surface area contributed by atoms with Crippen LogP contribution in [0.2, 0.25) is 0 Å². The van der Waals surface area contributed by atoms with E-state index in [0.29, 0.717) is 5.56 Å². The van der Waals surface area contributed by atoms with E-state index in [-0.39, 0.29) is 19.0 Å². The third kappa shape index (κ3) is 2.87. The summed E-state index contributed by atoms with van der Waals surface area (Å²) in [6, 6.07) is 8.93. The minimum Gasteiger partial charge on any atom is -0.327 e. The number of alkyl halides is 1. The monoisotopic (exact) mass is 175 g/mol. The third-order valence-electron chi connectivity index (χ3n) is 1.37. The van der Waals surface area contributed by atoms with Crippen LogP contribution >= 0.6 is 12.4 Å². The molecule has 0 amide bonds. The molecule has 1 aromatic carbocycles. The average Bonchev–Trinajstić information content (AvgIpc) is 2.05. The average molecular weight is 176 g/mol. The summed E-state index contributed by atoms with van der Waals surface area (Å²) in [4.78, 5) is 0. The Labute approximate surface area is 71.8 Å². The van der Waals surface area contributed by atoms with Gasteiger partial charge >= 0.3 is 0 Å². The molecule has 1 nitrogen and oxygen atoms in total. The molecule has 11 heavy (non-hydrogen) atoms. The first-order valence-electron chi connectivity index (χ1n) is 3.23. The molecule has 0 bridgehead atoms. The Bertz CT molecular complexity index is 191. The van der Waals surface area contributed by atoms with E-state index in [4.69, 9.17) is 5.73 Å². The first-order valence-corrected chi connectivity index (χ1v) is 3.23. The van der Waals surface area contributed by atoms with Crippen LogP contribution in [0.15, 0.2) is 30.3 Å². The number of hydrogen-bond donors (Lipinski definition) is 1. The minimum absolute atomic E-state index is 0. The van der Waals surface area contributed by atoms with Gasteiger partial charge in [-0.2, -0.15) is 0 Å². The Balaban J connectivity index is 0.000001000. The van der Waals surface area contributed by atoms with Gasteiger partial charge in [-0.25, -0.2) is 4.39 Å². The molecule has 3 heteroatoms. The molecule has 0 heterocycles. The lowest BCUT2D eigenvalue weighted by Gasteiger charge is -2.02. The summed E-state index contributed by atoms with van der Waals surface area (Å²) >= 11 is 0. The van der Waals surface area contributed by atoms with E-state index in [9.17, 15) is 4.39 Å². The van der Waals surface area contributed by atoms with E-state index in [0.717, 1.165) is 0 Å². The van der Waals surface area contributed by atoms with E-state index in [2.05, 4.69) is 0 Å². The van der Waals surface area contributed by atoms with Gasteiger partial charge in [-0.05, 0) is 5.56 Å². The maximum atomic E-state index is 12.7. The fraction of sp³-hybridized carbons (Fsp3) is 0.250. The molecule has 0 saturated heterocycles. The Morgan fingerprint density at radius 3 is 2.27 bits per heavy atom. The molecule has 0 spiro atoms. The molecular weight excluding hydrogens is 165 g/mol. The van der Waals surface area contributed by atoms with E-state index in [1.165, 1.54) is 0 Å². The van der Waals surface area contributed by atoms with Gasteiger partial charge in [-0.3, -0.25) is 0 Å². The molecule has 0 aliphatic carbocycles. The van der Waals surface area contributed by atoms with Crippen LogP contribution in [0.4, 0.5) is 4.39 Å². The predicted molar refractivity (Wildman–Crippen MR) is 46.6 cm³/mol. The zero-order chi connectivity index (χ0) is 7.40. The fourth-order valence-corrected chi connectivity index (χ4v) is 0.798. The van der Waals surface area contributed by atoms with Crippen molar-refractivity contribution in [2.24, 2.45) is 5.73 Å². The lowest BCUT2D eigenvalue weighted by atomic mass is 10.1. The standard InChI is InChI=1S/C8H10FN.ClH/c9-8(6-10)7-4-2-1-3-5-7;/h1-5,8H,6,10H2;1H. The van der Waals surface area contributed by atoms with Gasteiger partial charge in [0.25, 0.3) is 0 Å². The van der Waals surface area contributed by atoms with Crippen molar-refractivity contribution < 1.29 is 4.39 Å². The van der Waals surface area contributed by atoms with Crippen LogP contribution in [0.25, 0.3) is 0 Å². The van der Waals surface area contributed by atoms with Crippen LogP contribution in [0, 0.1) is 0 Å². The molecule has 0 saturated carbocycles. The van der Waals surface area contributed by atoms with Crippen molar-refractivity contribution in [3.05, 3.63) is 35.9 Å².